The summed E-state index contributed by atoms with van der Waals surface area (Å²) in [5.41, 5.74) is 2.45. The second-order valence-electron chi connectivity index (χ2n) is 5.64. The summed E-state index contributed by atoms with van der Waals surface area (Å²) in [4.78, 5) is 18.6. The van der Waals surface area contributed by atoms with Gasteiger partial charge in [-0.15, -0.1) is 11.3 Å². The summed E-state index contributed by atoms with van der Waals surface area (Å²) in [7, 11) is 0. The molecule has 0 spiro atoms. The van der Waals surface area contributed by atoms with Gasteiger partial charge in [-0.2, -0.15) is 0 Å². The van der Waals surface area contributed by atoms with Gasteiger partial charge in [0.15, 0.2) is 0 Å². The fourth-order valence-electron chi connectivity index (χ4n) is 2.18. The zero-order valence-electron chi connectivity index (χ0n) is 11.2. The van der Waals surface area contributed by atoms with Crippen LogP contribution in [-0.4, -0.2) is 34.0 Å². The fraction of sp³-hybridized carbons (Fsp3) is 0.692. The van der Waals surface area contributed by atoms with Gasteiger partial charge in [-0.25, -0.2) is 4.98 Å². The van der Waals surface area contributed by atoms with E-state index in [0.717, 1.165) is 31.6 Å². The molecule has 0 amide bonds. The van der Waals surface area contributed by atoms with E-state index in [2.05, 4.69) is 9.88 Å². The van der Waals surface area contributed by atoms with E-state index in [1.54, 1.807) is 11.3 Å². The van der Waals surface area contributed by atoms with E-state index in [1.165, 1.54) is 0 Å². The quantitative estimate of drug-likeness (QED) is 0.790. The first kappa shape index (κ1) is 13.5. The molecule has 0 unspecified atom stereocenters. The minimum Gasteiger partial charge on any atom is -0.459 e. The number of carbonyl (C=O) groups excluding carboxylic acids is 1. The number of hydrogen-bond acceptors (Lipinski definition) is 5. The number of carbonyl (C=O) groups is 1. The Hall–Kier alpha value is -0.940. The SMILES string of the molecule is CC(C)(C)OC(=O)[C@H]1CCCN1Cc1cscn1. The topological polar surface area (TPSA) is 42.4 Å². The van der Waals surface area contributed by atoms with Crippen LogP contribution in [0.25, 0.3) is 0 Å². The Morgan fingerprint density at radius 2 is 2.39 bits per heavy atom. The molecule has 0 saturated carbocycles. The predicted octanol–water partition coefficient (Wildman–Crippen LogP) is 2.45. The number of nitrogens with zero attached hydrogens (tertiary/aromatic N) is 2. The van der Waals surface area contributed by atoms with Gasteiger partial charge in [-0.1, -0.05) is 0 Å². The zero-order valence-corrected chi connectivity index (χ0v) is 12.0. The monoisotopic (exact) mass is 268 g/mol. The standard InChI is InChI=1S/C13H20N2O2S/c1-13(2,3)17-12(16)11-5-4-6-15(11)7-10-8-18-9-14-10/h8-9,11H,4-7H2,1-3H3/t11-/m1/s1. The number of thiazole rings is 1. The Balaban J connectivity index is 1.97. The highest BCUT2D eigenvalue weighted by molar-refractivity contribution is 7.07. The largest absolute Gasteiger partial charge is 0.459 e. The van der Waals surface area contributed by atoms with Crippen LogP contribution in [0.4, 0.5) is 0 Å². The van der Waals surface area contributed by atoms with Gasteiger partial charge in [-0.3, -0.25) is 9.69 Å². The lowest BCUT2D eigenvalue weighted by molar-refractivity contribution is -0.160. The summed E-state index contributed by atoms with van der Waals surface area (Å²) < 4.78 is 5.47. The Kier molecular flexibility index (Phi) is 4.02. The maximum atomic E-state index is 12.1. The summed E-state index contributed by atoms with van der Waals surface area (Å²) in [6, 6.07) is -0.106. The van der Waals surface area contributed by atoms with Crippen molar-refractivity contribution in [1.29, 1.82) is 0 Å². The molecule has 0 aromatic carbocycles. The molecule has 100 valence electrons. The van der Waals surface area contributed by atoms with Crippen LogP contribution in [0, 0.1) is 0 Å². The molecule has 1 aliphatic rings. The normalized spacial score (nSPS) is 21.2. The van der Waals surface area contributed by atoms with E-state index >= 15 is 0 Å². The van der Waals surface area contributed by atoms with Gasteiger partial charge in [0.2, 0.25) is 0 Å². The van der Waals surface area contributed by atoms with Gasteiger partial charge in [0.25, 0.3) is 0 Å². The van der Waals surface area contributed by atoms with Crippen LogP contribution in [0.3, 0.4) is 0 Å². The molecular formula is C13H20N2O2S. The highest BCUT2D eigenvalue weighted by atomic mass is 32.1. The number of ether oxygens (including phenoxy) is 1. The molecule has 1 aromatic heterocycles. The Morgan fingerprint density at radius 1 is 1.61 bits per heavy atom. The molecule has 0 radical (unpaired) electrons. The maximum absolute atomic E-state index is 12.1. The van der Waals surface area contributed by atoms with E-state index < -0.39 is 5.60 Å². The van der Waals surface area contributed by atoms with E-state index in [0.29, 0.717) is 0 Å². The summed E-state index contributed by atoms with van der Waals surface area (Å²) in [6.45, 7) is 7.41. The summed E-state index contributed by atoms with van der Waals surface area (Å²) in [5, 5.41) is 2.03. The summed E-state index contributed by atoms with van der Waals surface area (Å²) in [5.74, 6) is -0.102. The van der Waals surface area contributed by atoms with Crippen LogP contribution < -0.4 is 0 Å². The van der Waals surface area contributed by atoms with Crippen LogP contribution in [0.1, 0.15) is 39.3 Å². The van der Waals surface area contributed by atoms with Crippen molar-refractivity contribution in [3.8, 4) is 0 Å². The predicted molar refractivity (Wildman–Crippen MR) is 71.4 cm³/mol. The first-order valence-corrected chi connectivity index (χ1v) is 7.24. The van der Waals surface area contributed by atoms with Crippen LogP contribution in [0.5, 0.6) is 0 Å². The molecule has 0 N–H and O–H groups in total. The van der Waals surface area contributed by atoms with Crippen LogP contribution in [0.2, 0.25) is 0 Å². The maximum Gasteiger partial charge on any atom is 0.323 e. The fourth-order valence-corrected chi connectivity index (χ4v) is 2.73. The average Bonchev–Trinajstić information content (AvgIpc) is 2.86. The molecule has 18 heavy (non-hydrogen) atoms. The van der Waals surface area contributed by atoms with E-state index in [-0.39, 0.29) is 12.0 Å². The molecule has 4 nitrogen and oxygen atoms in total. The second kappa shape index (κ2) is 5.36. The number of esters is 1. The second-order valence-corrected chi connectivity index (χ2v) is 6.36. The van der Waals surface area contributed by atoms with Crippen molar-refractivity contribution in [3.05, 3.63) is 16.6 Å². The number of likely N-dealkylation sites (tertiary alicyclic amines) is 1. The van der Waals surface area contributed by atoms with E-state index in [4.69, 9.17) is 4.74 Å². The lowest BCUT2D eigenvalue weighted by Gasteiger charge is -2.26. The zero-order chi connectivity index (χ0) is 13.2. The van der Waals surface area contributed by atoms with Crippen molar-refractivity contribution >= 4 is 17.3 Å². The summed E-state index contributed by atoms with van der Waals surface area (Å²) >= 11 is 1.59. The third kappa shape index (κ3) is 3.53. The molecular weight excluding hydrogens is 248 g/mol. The first-order chi connectivity index (χ1) is 8.46. The molecule has 2 rings (SSSR count). The van der Waals surface area contributed by atoms with Crippen molar-refractivity contribution in [2.24, 2.45) is 0 Å². The van der Waals surface area contributed by atoms with Crippen molar-refractivity contribution in [3.63, 3.8) is 0 Å². The van der Waals surface area contributed by atoms with E-state index in [9.17, 15) is 4.79 Å². The highest BCUT2D eigenvalue weighted by Crippen LogP contribution is 2.23. The molecule has 0 bridgehead atoms. The third-order valence-electron chi connectivity index (χ3n) is 2.89. The van der Waals surface area contributed by atoms with Gasteiger partial charge in [0.1, 0.15) is 11.6 Å². The lowest BCUT2D eigenvalue weighted by Crippen LogP contribution is -2.40. The number of aromatic nitrogens is 1. The van der Waals surface area contributed by atoms with Crippen LogP contribution in [-0.2, 0) is 16.1 Å². The summed E-state index contributed by atoms with van der Waals surface area (Å²) in [6.07, 6.45) is 1.94. The Bertz CT molecular complexity index is 398. The first-order valence-electron chi connectivity index (χ1n) is 6.30. The number of rotatable bonds is 3. The van der Waals surface area contributed by atoms with Gasteiger partial charge >= 0.3 is 5.97 Å². The minimum atomic E-state index is -0.411. The minimum absolute atomic E-state index is 0.102. The highest BCUT2D eigenvalue weighted by Gasteiger charge is 2.34. The molecule has 1 aliphatic heterocycles. The lowest BCUT2D eigenvalue weighted by atomic mass is 10.1. The van der Waals surface area contributed by atoms with Gasteiger partial charge in [-0.05, 0) is 40.2 Å². The third-order valence-corrected chi connectivity index (χ3v) is 3.53. The molecule has 1 fully saturated rings. The smallest absolute Gasteiger partial charge is 0.323 e. The van der Waals surface area contributed by atoms with Crippen LogP contribution >= 0.6 is 11.3 Å². The number of hydrogen-bond donors (Lipinski definition) is 0. The van der Waals surface area contributed by atoms with Gasteiger partial charge < -0.3 is 4.74 Å². The van der Waals surface area contributed by atoms with Gasteiger partial charge in [0, 0.05) is 11.9 Å². The van der Waals surface area contributed by atoms with Crippen molar-refractivity contribution in [2.75, 3.05) is 6.54 Å². The Labute approximate surface area is 112 Å². The van der Waals surface area contributed by atoms with Crippen LogP contribution in [0.15, 0.2) is 10.9 Å². The molecule has 1 atom stereocenters. The molecule has 1 saturated heterocycles. The van der Waals surface area contributed by atoms with E-state index in [1.807, 2.05) is 31.7 Å². The molecule has 1 aromatic rings. The van der Waals surface area contributed by atoms with Crippen molar-refractivity contribution in [2.45, 2.75) is 51.8 Å². The van der Waals surface area contributed by atoms with Crippen molar-refractivity contribution in [1.82, 2.24) is 9.88 Å². The Morgan fingerprint density at radius 3 is 3.00 bits per heavy atom. The molecule has 2 heterocycles. The molecule has 0 aliphatic carbocycles. The van der Waals surface area contributed by atoms with Crippen molar-refractivity contribution < 1.29 is 9.53 Å². The average molecular weight is 268 g/mol. The molecule has 5 heteroatoms. The van der Waals surface area contributed by atoms with Gasteiger partial charge in [0.05, 0.1) is 11.2 Å².